The fraction of sp³-hybridized carbons (Fsp3) is 0.300. The summed E-state index contributed by atoms with van der Waals surface area (Å²) in [4.78, 5) is 24.8. The van der Waals surface area contributed by atoms with Crippen LogP contribution in [-0.2, 0) is 11.0 Å². The smallest absolute Gasteiger partial charge is 0.343 e. The SMILES string of the molecule is O=C(NCC(F)(F)F)c1cc(NC(=O)C2C(c3ccc(C(F)(F)F)c(Cl)c3)C2(Cl)Cl)ccc1Cl. The molecule has 0 bridgehead atoms. The van der Waals surface area contributed by atoms with Gasteiger partial charge in [-0.2, -0.15) is 26.3 Å². The molecule has 0 radical (unpaired) electrons. The molecule has 2 amide bonds. The number of hydrogen-bond acceptors (Lipinski definition) is 2. The first kappa shape index (κ1) is 26.7. The van der Waals surface area contributed by atoms with E-state index < -0.39 is 57.5 Å². The van der Waals surface area contributed by atoms with Gasteiger partial charge in [-0.25, -0.2) is 0 Å². The van der Waals surface area contributed by atoms with Crippen LogP contribution in [0.5, 0.6) is 0 Å². The molecule has 1 aliphatic rings. The second kappa shape index (κ2) is 9.29. The number of carbonyl (C=O) groups excluding carboxylic acids is 2. The Morgan fingerprint density at radius 3 is 2.15 bits per heavy atom. The van der Waals surface area contributed by atoms with Gasteiger partial charge in [0.15, 0.2) is 0 Å². The molecule has 0 spiro atoms. The molecular weight excluding hydrogens is 556 g/mol. The van der Waals surface area contributed by atoms with Crippen molar-refractivity contribution in [2.75, 3.05) is 11.9 Å². The summed E-state index contributed by atoms with van der Waals surface area (Å²) in [5.74, 6) is -3.85. The van der Waals surface area contributed by atoms with Crippen molar-refractivity contribution in [1.29, 1.82) is 0 Å². The maximum atomic E-state index is 12.9. The van der Waals surface area contributed by atoms with Crippen LogP contribution in [0.25, 0.3) is 0 Å². The van der Waals surface area contributed by atoms with Crippen LogP contribution < -0.4 is 10.6 Å². The minimum Gasteiger partial charge on any atom is -0.343 e. The zero-order valence-electron chi connectivity index (χ0n) is 16.4. The maximum Gasteiger partial charge on any atom is 0.417 e. The second-order valence-corrected chi connectivity index (χ2v) is 9.61. The predicted molar refractivity (Wildman–Crippen MR) is 116 cm³/mol. The van der Waals surface area contributed by atoms with E-state index >= 15 is 0 Å². The van der Waals surface area contributed by atoms with Gasteiger partial charge >= 0.3 is 12.4 Å². The molecule has 184 valence electrons. The Morgan fingerprint density at radius 1 is 0.941 bits per heavy atom. The van der Waals surface area contributed by atoms with Crippen molar-refractivity contribution < 1.29 is 35.9 Å². The minimum absolute atomic E-state index is 0.00629. The van der Waals surface area contributed by atoms with Crippen molar-refractivity contribution in [3.8, 4) is 0 Å². The normalized spacial score (nSPS) is 19.5. The summed E-state index contributed by atoms with van der Waals surface area (Å²) in [6.07, 6.45) is -9.31. The fourth-order valence-corrected chi connectivity index (χ4v) is 4.62. The van der Waals surface area contributed by atoms with Crippen LogP contribution in [0.2, 0.25) is 10.0 Å². The molecule has 34 heavy (non-hydrogen) atoms. The largest absolute Gasteiger partial charge is 0.417 e. The number of halogens is 10. The van der Waals surface area contributed by atoms with E-state index in [2.05, 4.69) is 5.32 Å². The molecule has 2 N–H and O–H groups in total. The maximum absolute atomic E-state index is 12.9. The number of rotatable bonds is 5. The summed E-state index contributed by atoms with van der Waals surface area (Å²) in [7, 11) is 0. The lowest BCUT2D eigenvalue weighted by Gasteiger charge is -2.11. The molecule has 1 aliphatic carbocycles. The highest BCUT2D eigenvalue weighted by Crippen LogP contribution is 2.65. The zero-order chi connectivity index (χ0) is 25.6. The average Bonchev–Trinajstić information content (AvgIpc) is 3.28. The topological polar surface area (TPSA) is 58.2 Å². The molecule has 1 fully saturated rings. The lowest BCUT2D eigenvalue weighted by molar-refractivity contribution is -0.137. The van der Waals surface area contributed by atoms with Gasteiger partial charge in [-0.3, -0.25) is 9.59 Å². The van der Waals surface area contributed by atoms with Crippen LogP contribution in [-0.4, -0.2) is 28.9 Å². The van der Waals surface area contributed by atoms with Crippen LogP contribution >= 0.6 is 46.4 Å². The minimum atomic E-state index is -4.67. The summed E-state index contributed by atoms with van der Waals surface area (Å²) in [6, 6.07) is 6.42. The molecule has 0 aliphatic heterocycles. The Balaban J connectivity index is 1.76. The van der Waals surface area contributed by atoms with Crippen LogP contribution in [0.1, 0.15) is 27.4 Å². The third kappa shape index (κ3) is 5.84. The summed E-state index contributed by atoms with van der Waals surface area (Å²) < 4.78 is 74.1. The molecule has 0 saturated heterocycles. The lowest BCUT2D eigenvalue weighted by atomic mass is 10.1. The van der Waals surface area contributed by atoms with Crippen LogP contribution in [0, 0.1) is 5.92 Å². The van der Waals surface area contributed by atoms with Gasteiger partial charge in [0.2, 0.25) is 5.91 Å². The highest BCUT2D eigenvalue weighted by Gasteiger charge is 2.67. The van der Waals surface area contributed by atoms with Crippen molar-refractivity contribution in [2.24, 2.45) is 5.92 Å². The Labute approximate surface area is 208 Å². The summed E-state index contributed by atoms with van der Waals surface area (Å²) in [5.41, 5.74) is -1.18. The summed E-state index contributed by atoms with van der Waals surface area (Å²) in [5, 5.41) is 3.33. The monoisotopic (exact) mass is 566 g/mol. The van der Waals surface area contributed by atoms with Crippen LogP contribution in [0.15, 0.2) is 36.4 Å². The molecule has 2 atom stereocenters. The molecule has 1 saturated carbocycles. The first-order chi connectivity index (χ1) is 15.5. The van der Waals surface area contributed by atoms with E-state index in [9.17, 15) is 35.9 Å². The van der Waals surface area contributed by atoms with Crippen molar-refractivity contribution >= 4 is 63.9 Å². The molecule has 0 aromatic heterocycles. The molecular formula is C20H12Cl4F6N2O2. The van der Waals surface area contributed by atoms with E-state index in [1.54, 1.807) is 5.32 Å². The Kier molecular flexibility index (Phi) is 7.30. The van der Waals surface area contributed by atoms with E-state index in [-0.39, 0.29) is 21.8 Å². The quantitative estimate of drug-likeness (QED) is 0.307. The number of hydrogen-bond donors (Lipinski definition) is 2. The third-order valence-electron chi connectivity index (χ3n) is 4.92. The first-order valence-electron chi connectivity index (χ1n) is 9.22. The van der Waals surface area contributed by atoms with Gasteiger partial charge in [-0.05, 0) is 35.9 Å². The molecule has 14 heteroatoms. The summed E-state index contributed by atoms with van der Waals surface area (Å²) >= 11 is 24.0. The van der Waals surface area contributed by atoms with Crippen molar-refractivity contribution in [1.82, 2.24) is 5.32 Å². The molecule has 0 heterocycles. The Bertz CT molecular complexity index is 1140. The lowest BCUT2D eigenvalue weighted by Crippen LogP contribution is -2.33. The van der Waals surface area contributed by atoms with E-state index in [0.717, 1.165) is 24.3 Å². The zero-order valence-corrected chi connectivity index (χ0v) is 19.4. The molecule has 2 aromatic rings. The van der Waals surface area contributed by atoms with Crippen molar-refractivity contribution in [2.45, 2.75) is 22.6 Å². The first-order valence-corrected chi connectivity index (χ1v) is 10.7. The summed E-state index contributed by atoms with van der Waals surface area (Å²) in [6.45, 7) is -1.58. The predicted octanol–water partition coefficient (Wildman–Crippen LogP) is 6.83. The van der Waals surface area contributed by atoms with E-state index in [1.807, 2.05) is 0 Å². The fourth-order valence-electron chi connectivity index (χ4n) is 3.30. The van der Waals surface area contributed by atoms with E-state index in [4.69, 9.17) is 46.4 Å². The Hall–Kier alpha value is -1.88. The van der Waals surface area contributed by atoms with Gasteiger partial charge in [-0.15, -0.1) is 23.2 Å². The van der Waals surface area contributed by atoms with Crippen molar-refractivity contribution in [3.63, 3.8) is 0 Å². The third-order valence-corrected chi connectivity index (χ3v) is 6.50. The van der Waals surface area contributed by atoms with Gasteiger partial charge in [0.1, 0.15) is 10.9 Å². The van der Waals surface area contributed by atoms with Gasteiger partial charge in [-0.1, -0.05) is 29.3 Å². The van der Waals surface area contributed by atoms with Gasteiger partial charge in [0.25, 0.3) is 5.91 Å². The molecule has 2 aromatic carbocycles. The number of nitrogens with one attached hydrogen (secondary N) is 2. The number of benzene rings is 2. The second-order valence-electron chi connectivity index (χ2n) is 7.35. The number of carbonyl (C=O) groups is 2. The molecule has 3 rings (SSSR count). The molecule has 2 unspecified atom stereocenters. The highest BCUT2D eigenvalue weighted by atomic mass is 35.5. The molecule has 4 nitrogen and oxygen atoms in total. The van der Waals surface area contributed by atoms with Crippen molar-refractivity contribution in [3.05, 3.63) is 63.1 Å². The number of anilines is 1. The van der Waals surface area contributed by atoms with Crippen LogP contribution in [0.4, 0.5) is 32.0 Å². The standard InChI is InChI=1S/C20H12Cl4F6N2O2/c21-12-4-2-9(6-10(12)16(33)31-7-18(25,26)27)32-17(34)15-14(19(15,23)24)8-1-3-11(13(22)5-8)20(28,29)30/h1-6,14-15H,7H2,(H,31,33)(H,32,34). The number of alkyl halides is 8. The van der Waals surface area contributed by atoms with E-state index in [0.29, 0.717) is 0 Å². The van der Waals surface area contributed by atoms with Gasteiger partial charge < -0.3 is 10.6 Å². The highest BCUT2D eigenvalue weighted by molar-refractivity contribution is 6.53. The number of amides is 2. The average molecular weight is 568 g/mol. The van der Waals surface area contributed by atoms with Gasteiger partial charge in [0, 0.05) is 11.6 Å². The van der Waals surface area contributed by atoms with Gasteiger partial charge in [0.05, 0.1) is 27.1 Å². The van der Waals surface area contributed by atoms with Crippen LogP contribution in [0.3, 0.4) is 0 Å². The van der Waals surface area contributed by atoms with E-state index in [1.165, 1.54) is 12.1 Å². The Morgan fingerprint density at radius 2 is 1.59 bits per heavy atom.